The Kier molecular flexibility index (Phi) is 3.14. The number of thiazole rings is 1. The second-order valence-electron chi connectivity index (χ2n) is 3.49. The lowest BCUT2D eigenvalue weighted by atomic mass is 10.1. The molecule has 0 saturated carbocycles. The van der Waals surface area contributed by atoms with Gasteiger partial charge in [-0.05, 0) is 13.0 Å². The van der Waals surface area contributed by atoms with Gasteiger partial charge in [0, 0.05) is 24.0 Å². The van der Waals surface area contributed by atoms with E-state index in [4.69, 9.17) is 5.11 Å². The number of benzene rings is 1. The Morgan fingerprint density at radius 3 is 3.00 bits per heavy atom. The molecule has 1 N–H and O–H groups in total. The van der Waals surface area contributed by atoms with Gasteiger partial charge in [-0.2, -0.15) is 0 Å². The highest BCUT2D eigenvalue weighted by molar-refractivity contribution is 7.13. The average molecular weight is 219 g/mol. The van der Waals surface area contributed by atoms with Crippen molar-refractivity contribution in [2.24, 2.45) is 0 Å². The van der Waals surface area contributed by atoms with Crippen molar-refractivity contribution < 1.29 is 5.11 Å². The molecule has 15 heavy (non-hydrogen) atoms. The van der Waals surface area contributed by atoms with Crippen molar-refractivity contribution in [1.82, 2.24) is 4.98 Å². The van der Waals surface area contributed by atoms with Crippen molar-refractivity contribution in [3.05, 3.63) is 40.9 Å². The smallest absolute Gasteiger partial charge is 0.123 e. The van der Waals surface area contributed by atoms with Crippen LogP contribution in [0.1, 0.15) is 11.3 Å². The van der Waals surface area contributed by atoms with E-state index >= 15 is 0 Å². The molecule has 0 radical (unpaired) electrons. The Bertz CT molecular complexity index is 450. The Balaban J connectivity index is 2.29. The third-order valence-corrected chi connectivity index (χ3v) is 3.12. The van der Waals surface area contributed by atoms with Gasteiger partial charge in [0.05, 0.1) is 5.69 Å². The number of nitrogens with zero attached hydrogens (tertiary/aromatic N) is 1. The van der Waals surface area contributed by atoms with Crippen LogP contribution in [0.25, 0.3) is 10.6 Å². The van der Waals surface area contributed by atoms with Gasteiger partial charge in [-0.1, -0.05) is 23.8 Å². The highest BCUT2D eigenvalue weighted by Gasteiger charge is 2.03. The van der Waals surface area contributed by atoms with Crippen LogP contribution < -0.4 is 0 Å². The van der Waals surface area contributed by atoms with Gasteiger partial charge in [0.1, 0.15) is 5.01 Å². The number of hydrogen-bond donors (Lipinski definition) is 1. The van der Waals surface area contributed by atoms with Gasteiger partial charge < -0.3 is 5.11 Å². The molecule has 2 aromatic rings. The van der Waals surface area contributed by atoms with Crippen molar-refractivity contribution in [2.75, 3.05) is 6.61 Å². The number of aliphatic hydroxyl groups excluding tert-OH is 1. The van der Waals surface area contributed by atoms with Crippen molar-refractivity contribution in [1.29, 1.82) is 0 Å². The third-order valence-electron chi connectivity index (χ3n) is 2.18. The molecule has 1 aromatic heterocycles. The summed E-state index contributed by atoms with van der Waals surface area (Å²) in [6.07, 6.45) is 0.641. The van der Waals surface area contributed by atoms with Crippen LogP contribution in [0, 0.1) is 6.92 Å². The van der Waals surface area contributed by atoms with E-state index in [-0.39, 0.29) is 6.61 Å². The van der Waals surface area contributed by atoms with Crippen molar-refractivity contribution in [3.8, 4) is 10.6 Å². The largest absolute Gasteiger partial charge is 0.396 e. The molecule has 78 valence electrons. The Labute approximate surface area is 93.2 Å². The van der Waals surface area contributed by atoms with Crippen molar-refractivity contribution >= 4 is 11.3 Å². The van der Waals surface area contributed by atoms with E-state index in [9.17, 15) is 0 Å². The maximum Gasteiger partial charge on any atom is 0.123 e. The molecular weight excluding hydrogens is 206 g/mol. The predicted molar refractivity (Wildman–Crippen MR) is 63.1 cm³/mol. The van der Waals surface area contributed by atoms with Gasteiger partial charge in [-0.15, -0.1) is 11.3 Å². The third kappa shape index (κ3) is 2.43. The molecule has 0 spiro atoms. The quantitative estimate of drug-likeness (QED) is 0.861. The van der Waals surface area contributed by atoms with Gasteiger partial charge in [0.2, 0.25) is 0 Å². The molecule has 0 bridgehead atoms. The molecule has 0 unspecified atom stereocenters. The summed E-state index contributed by atoms with van der Waals surface area (Å²) >= 11 is 1.63. The van der Waals surface area contributed by atoms with E-state index < -0.39 is 0 Å². The number of hydrogen-bond acceptors (Lipinski definition) is 3. The lowest BCUT2D eigenvalue weighted by Crippen LogP contribution is -1.90. The number of aryl methyl sites for hydroxylation is 1. The molecule has 1 heterocycles. The normalized spacial score (nSPS) is 10.5. The van der Waals surface area contributed by atoms with Crippen LogP contribution in [0.5, 0.6) is 0 Å². The molecule has 1 aromatic carbocycles. The zero-order chi connectivity index (χ0) is 10.7. The summed E-state index contributed by atoms with van der Waals surface area (Å²) in [6, 6.07) is 8.31. The number of rotatable bonds is 3. The average Bonchev–Trinajstić information content (AvgIpc) is 2.67. The zero-order valence-corrected chi connectivity index (χ0v) is 9.42. The lowest BCUT2D eigenvalue weighted by molar-refractivity contribution is 0.298. The molecule has 0 aliphatic carbocycles. The van der Waals surface area contributed by atoms with E-state index in [0.29, 0.717) is 6.42 Å². The molecule has 3 heteroatoms. The minimum atomic E-state index is 0.164. The van der Waals surface area contributed by atoms with Crippen molar-refractivity contribution in [2.45, 2.75) is 13.3 Å². The first-order valence-electron chi connectivity index (χ1n) is 4.92. The molecule has 0 amide bonds. The molecule has 2 nitrogen and oxygen atoms in total. The fourth-order valence-corrected chi connectivity index (χ4v) is 2.30. The molecule has 2 rings (SSSR count). The molecule has 0 fully saturated rings. The topological polar surface area (TPSA) is 33.1 Å². The van der Waals surface area contributed by atoms with Crippen LogP contribution in [0.4, 0.5) is 0 Å². The summed E-state index contributed by atoms with van der Waals surface area (Å²) < 4.78 is 0. The predicted octanol–water partition coefficient (Wildman–Crippen LogP) is 2.65. The van der Waals surface area contributed by atoms with Crippen LogP contribution in [0.15, 0.2) is 29.6 Å². The SMILES string of the molecule is Cc1cccc(-c2nc(CCO)cs2)c1. The van der Waals surface area contributed by atoms with Gasteiger partial charge >= 0.3 is 0 Å². The minimum absolute atomic E-state index is 0.164. The Morgan fingerprint density at radius 1 is 1.40 bits per heavy atom. The van der Waals surface area contributed by atoms with Crippen LogP contribution in [-0.4, -0.2) is 16.7 Å². The van der Waals surface area contributed by atoms with Crippen LogP contribution >= 0.6 is 11.3 Å². The van der Waals surface area contributed by atoms with E-state index in [2.05, 4.69) is 30.1 Å². The zero-order valence-electron chi connectivity index (χ0n) is 8.60. The van der Waals surface area contributed by atoms with Crippen molar-refractivity contribution in [3.63, 3.8) is 0 Å². The highest BCUT2D eigenvalue weighted by atomic mass is 32.1. The summed E-state index contributed by atoms with van der Waals surface area (Å²) in [7, 11) is 0. The number of aromatic nitrogens is 1. The maximum atomic E-state index is 8.81. The van der Waals surface area contributed by atoms with E-state index in [1.165, 1.54) is 5.56 Å². The molecular formula is C12H13NOS. The minimum Gasteiger partial charge on any atom is -0.396 e. The summed E-state index contributed by atoms with van der Waals surface area (Å²) in [4.78, 5) is 4.47. The summed E-state index contributed by atoms with van der Waals surface area (Å²) in [5, 5.41) is 11.8. The van der Waals surface area contributed by atoms with E-state index in [1.54, 1.807) is 11.3 Å². The monoisotopic (exact) mass is 219 g/mol. The van der Waals surface area contributed by atoms with Gasteiger partial charge in [-0.3, -0.25) is 0 Å². The second-order valence-corrected chi connectivity index (χ2v) is 4.35. The standard InChI is InChI=1S/C12H13NOS/c1-9-3-2-4-10(7-9)12-13-11(5-6-14)8-15-12/h2-4,7-8,14H,5-6H2,1H3. The first kappa shape index (κ1) is 10.3. The van der Waals surface area contributed by atoms with Crippen LogP contribution in [0.3, 0.4) is 0 Å². The van der Waals surface area contributed by atoms with Gasteiger partial charge in [0.15, 0.2) is 0 Å². The lowest BCUT2D eigenvalue weighted by Gasteiger charge is -1.97. The van der Waals surface area contributed by atoms with E-state index in [1.807, 2.05) is 11.4 Å². The first-order chi connectivity index (χ1) is 7.29. The second kappa shape index (κ2) is 4.55. The Morgan fingerprint density at radius 2 is 2.27 bits per heavy atom. The molecule has 0 aliphatic rings. The fraction of sp³-hybridized carbons (Fsp3) is 0.250. The molecule has 0 aliphatic heterocycles. The van der Waals surface area contributed by atoms with E-state index in [0.717, 1.165) is 16.3 Å². The summed E-state index contributed by atoms with van der Waals surface area (Å²) in [6.45, 7) is 2.24. The van der Waals surface area contributed by atoms with Gasteiger partial charge in [0.25, 0.3) is 0 Å². The van der Waals surface area contributed by atoms with Crippen LogP contribution in [0.2, 0.25) is 0 Å². The summed E-state index contributed by atoms with van der Waals surface area (Å²) in [5.41, 5.74) is 3.37. The highest BCUT2D eigenvalue weighted by Crippen LogP contribution is 2.24. The summed E-state index contributed by atoms with van der Waals surface area (Å²) in [5.74, 6) is 0. The Hall–Kier alpha value is -1.19. The first-order valence-corrected chi connectivity index (χ1v) is 5.80. The maximum absolute atomic E-state index is 8.81. The molecule has 0 saturated heterocycles. The number of aliphatic hydroxyl groups is 1. The van der Waals surface area contributed by atoms with Crippen LogP contribution in [-0.2, 0) is 6.42 Å². The van der Waals surface area contributed by atoms with Gasteiger partial charge in [-0.25, -0.2) is 4.98 Å². The fourth-order valence-electron chi connectivity index (χ4n) is 1.45. The molecule has 0 atom stereocenters.